The molecular formula is C17H27FIN5. The lowest BCUT2D eigenvalue weighted by molar-refractivity contribution is 0.0152. The second kappa shape index (κ2) is 8.96. The molecule has 0 aliphatic carbocycles. The van der Waals surface area contributed by atoms with Gasteiger partial charge >= 0.3 is 0 Å². The lowest BCUT2D eigenvalue weighted by Crippen LogP contribution is -2.63. The third-order valence-corrected chi connectivity index (χ3v) is 4.79. The van der Waals surface area contributed by atoms with Crippen molar-refractivity contribution in [1.29, 1.82) is 0 Å². The van der Waals surface area contributed by atoms with E-state index >= 15 is 0 Å². The molecule has 1 aromatic rings. The molecule has 7 heteroatoms. The molecule has 0 radical (unpaired) electrons. The van der Waals surface area contributed by atoms with Gasteiger partial charge in [-0.2, -0.15) is 0 Å². The van der Waals surface area contributed by atoms with Gasteiger partial charge in [0, 0.05) is 66.0 Å². The normalized spacial score (nSPS) is 26.0. The number of rotatable bonds is 4. The van der Waals surface area contributed by atoms with Crippen LogP contribution < -0.4 is 5.32 Å². The summed E-state index contributed by atoms with van der Waals surface area (Å²) in [5.41, 5.74) is 1.07. The van der Waals surface area contributed by atoms with E-state index in [-0.39, 0.29) is 29.8 Å². The van der Waals surface area contributed by atoms with Crippen molar-refractivity contribution < 1.29 is 4.39 Å². The Hall–Kier alpha value is -0.930. The van der Waals surface area contributed by atoms with Gasteiger partial charge in [0.2, 0.25) is 0 Å². The van der Waals surface area contributed by atoms with E-state index in [1.165, 1.54) is 38.3 Å². The summed E-state index contributed by atoms with van der Waals surface area (Å²) in [6.07, 6.45) is 0. The third-order valence-electron chi connectivity index (χ3n) is 4.79. The first-order chi connectivity index (χ1) is 11.2. The number of nitrogens with one attached hydrogen (secondary N) is 1. The molecule has 3 fully saturated rings. The molecule has 24 heavy (non-hydrogen) atoms. The van der Waals surface area contributed by atoms with Crippen LogP contribution in [0.15, 0.2) is 29.3 Å². The topological polar surface area (TPSA) is 34.1 Å². The van der Waals surface area contributed by atoms with Crippen molar-refractivity contribution in [2.45, 2.75) is 12.6 Å². The maximum Gasteiger partial charge on any atom is 0.193 e. The second-order valence-corrected chi connectivity index (χ2v) is 6.40. The average Bonchev–Trinajstić information content (AvgIpc) is 2.58. The standard InChI is InChI=1S/C17H26FN5.HI/c1-19-17(21(2)12-14-3-5-15(18)6-4-14)20-11-16-13-22-7-9-23(16)10-8-22;/h3-6,16H,7-13H2,1-2H3,(H,19,20);1H. The molecule has 3 aliphatic heterocycles. The van der Waals surface area contributed by atoms with Crippen LogP contribution in [-0.4, -0.2) is 80.1 Å². The lowest BCUT2D eigenvalue weighted by Gasteiger charge is -2.47. The fourth-order valence-corrected chi connectivity index (χ4v) is 3.45. The number of halogens is 2. The number of hydrogen-bond donors (Lipinski definition) is 1. The molecule has 134 valence electrons. The summed E-state index contributed by atoms with van der Waals surface area (Å²) in [5.74, 6) is 0.683. The fraction of sp³-hybridized carbons (Fsp3) is 0.588. The quantitative estimate of drug-likeness (QED) is 0.431. The monoisotopic (exact) mass is 447 g/mol. The molecule has 1 aromatic carbocycles. The lowest BCUT2D eigenvalue weighted by atomic mass is 10.1. The van der Waals surface area contributed by atoms with Gasteiger partial charge < -0.3 is 10.2 Å². The average molecular weight is 447 g/mol. The molecule has 0 saturated carbocycles. The molecule has 4 rings (SSSR count). The zero-order valence-electron chi connectivity index (χ0n) is 14.4. The van der Waals surface area contributed by atoms with Crippen LogP contribution in [0.5, 0.6) is 0 Å². The predicted molar refractivity (Wildman–Crippen MR) is 106 cm³/mol. The van der Waals surface area contributed by atoms with E-state index in [1.54, 1.807) is 7.05 Å². The number of nitrogens with zero attached hydrogens (tertiary/aromatic N) is 4. The van der Waals surface area contributed by atoms with Crippen molar-refractivity contribution in [2.24, 2.45) is 4.99 Å². The van der Waals surface area contributed by atoms with E-state index in [4.69, 9.17) is 0 Å². The molecule has 2 bridgehead atoms. The van der Waals surface area contributed by atoms with Gasteiger partial charge in [-0.1, -0.05) is 12.1 Å². The van der Waals surface area contributed by atoms with Gasteiger partial charge in [-0.25, -0.2) is 4.39 Å². The smallest absolute Gasteiger partial charge is 0.193 e. The van der Waals surface area contributed by atoms with Crippen molar-refractivity contribution in [3.05, 3.63) is 35.6 Å². The highest BCUT2D eigenvalue weighted by molar-refractivity contribution is 14.0. The van der Waals surface area contributed by atoms with Crippen LogP contribution >= 0.6 is 24.0 Å². The molecule has 0 amide bonds. The Labute approximate surface area is 160 Å². The highest BCUT2D eigenvalue weighted by atomic mass is 127. The number of guanidine groups is 1. The van der Waals surface area contributed by atoms with Gasteiger partial charge in [0.1, 0.15) is 5.82 Å². The summed E-state index contributed by atoms with van der Waals surface area (Å²) in [7, 11) is 3.82. The molecule has 0 spiro atoms. The third kappa shape index (κ3) is 4.80. The summed E-state index contributed by atoms with van der Waals surface area (Å²) < 4.78 is 13.0. The van der Waals surface area contributed by atoms with Crippen LogP contribution in [0.25, 0.3) is 0 Å². The Morgan fingerprint density at radius 3 is 2.46 bits per heavy atom. The molecule has 0 aromatic heterocycles. The predicted octanol–water partition coefficient (Wildman–Crippen LogP) is 1.45. The van der Waals surface area contributed by atoms with Crippen molar-refractivity contribution in [3.8, 4) is 0 Å². The minimum atomic E-state index is -0.199. The van der Waals surface area contributed by atoms with E-state index in [2.05, 4.69) is 25.0 Å². The Balaban J connectivity index is 0.00000208. The van der Waals surface area contributed by atoms with Gasteiger partial charge in [0.15, 0.2) is 5.96 Å². The van der Waals surface area contributed by atoms with Crippen molar-refractivity contribution in [1.82, 2.24) is 20.0 Å². The van der Waals surface area contributed by atoms with Crippen LogP contribution in [0.1, 0.15) is 5.56 Å². The van der Waals surface area contributed by atoms with Gasteiger partial charge in [0.25, 0.3) is 0 Å². The van der Waals surface area contributed by atoms with Crippen molar-refractivity contribution in [2.75, 3.05) is 53.4 Å². The highest BCUT2D eigenvalue weighted by Gasteiger charge is 2.31. The first-order valence-electron chi connectivity index (χ1n) is 8.28. The van der Waals surface area contributed by atoms with E-state index < -0.39 is 0 Å². The summed E-state index contributed by atoms with van der Waals surface area (Å²) in [4.78, 5) is 11.6. The Kier molecular flexibility index (Phi) is 7.24. The zero-order chi connectivity index (χ0) is 16.2. The maximum absolute atomic E-state index is 13.0. The van der Waals surface area contributed by atoms with Crippen LogP contribution in [0.4, 0.5) is 4.39 Å². The van der Waals surface area contributed by atoms with Gasteiger partial charge in [-0.3, -0.25) is 14.8 Å². The van der Waals surface area contributed by atoms with Crippen LogP contribution in [0.3, 0.4) is 0 Å². The SMILES string of the molecule is CN=C(NCC1CN2CCN1CC2)N(C)Cc1ccc(F)cc1.I. The van der Waals surface area contributed by atoms with Crippen molar-refractivity contribution >= 4 is 29.9 Å². The molecule has 1 atom stereocenters. The maximum atomic E-state index is 13.0. The number of hydrogen-bond acceptors (Lipinski definition) is 3. The summed E-state index contributed by atoms with van der Waals surface area (Å²) >= 11 is 0. The number of piperazine rings is 3. The summed E-state index contributed by atoms with van der Waals surface area (Å²) in [5, 5.41) is 3.49. The number of benzene rings is 1. The van der Waals surface area contributed by atoms with E-state index in [0.717, 1.165) is 24.6 Å². The first kappa shape index (κ1) is 19.4. The molecule has 3 saturated heterocycles. The largest absolute Gasteiger partial charge is 0.355 e. The second-order valence-electron chi connectivity index (χ2n) is 6.40. The summed E-state index contributed by atoms with van der Waals surface area (Å²) in [6, 6.07) is 7.20. The van der Waals surface area contributed by atoms with E-state index in [1.807, 2.05) is 19.2 Å². The number of fused-ring (bicyclic) bond motifs is 3. The molecular weight excluding hydrogens is 420 g/mol. The first-order valence-corrected chi connectivity index (χ1v) is 8.28. The molecule has 5 nitrogen and oxygen atoms in total. The summed E-state index contributed by atoms with van der Waals surface area (Å²) in [6.45, 7) is 7.53. The Morgan fingerprint density at radius 2 is 1.92 bits per heavy atom. The minimum absolute atomic E-state index is 0. The Morgan fingerprint density at radius 1 is 1.25 bits per heavy atom. The fourth-order valence-electron chi connectivity index (χ4n) is 3.45. The zero-order valence-corrected chi connectivity index (χ0v) is 16.7. The van der Waals surface area contributed by atoms with Crippen LogP contribution in [0, 0.1) is 5.82 Å². The molecule has 3 heterocycles. The Bertz CT molecular complexity index is 542. The van der Waals surface area contributed by atoms with Crippen molar-refractivity contribution in [3.63, 3.8) is 0 Å². The van der Waals surface area contributed by atoms with Crippen LogP contribution in [-0.2, 0) is 6.54 Å². The van der Waals surface area contributed by atoms with E-state index in [0.29, 0.717) is 12.6 Å². The highest BCUT2D eigenvalue weighted by Crippen LogP contribution is 2.15. The van der Waals surface area contributed by atoms with E-state index in [9.17, 15) is 4.39 Å². The van der Waals surface area contributed by atoms with Gasteiger partial charge in [-0.15, -0.1) is 24.0 Å². The van der Waals surface area contributed by atoms with Crippen LogP contribution in [0.2, 0.25) is 0 Å². The number of aliphatic imine (C=N–C) groups is 1. The minimum Gasteiger partial charge on any atom is -0.355 e. The molecule has 1 N–H and O–H groups in total. The molecule has 1 unspecified atom stereocenters. The van der Waals surface area contributed by atoms with Gasteiger partial charge in [-0.05, 0) is 17.7 Å². The molecule has 3 aliphatic rings. The van der Waals surface area contributed by atoms with Gasteiger partial charge in [0.05, 0.1) is 0 Å².